The molecule has 0 aliphatic carbocycles. The molecule has 1 heterocycles. The number of aliphatic carboxylic acids is 1. The number of ether oxygens (including phenoxy) is 1. The van der Waals surface area contributed by atoms with Crippen LogP contribution in [0.3, 0.4) is 0 Å². The lowest BCUT2D eigenvalue weighted by Gasteiger charge is -2.23. The standard InChI is InChI=1S/C12H18N4O4/c1-15(2)6-7-16(8-10(17)18)9-4-5-13-11(14-9)12(19)20-3/h4-5H,6-8H2,1-3H3,(H,17,18). The summed E-state index contributed by atoms with van der Waals surface area (Å²) in [7, 11) is 5.01. The molecule has 110 valence electrons. The number of nitrogens with zero attached hydrogens (tertiary/aromatic N) is 4. The molecule has 1 rings (SSSR count). The van der Waals surface area contributed by atoms with E-state index in [2.05, 4.69) is 14.7 Å². The summed E-state index contributed by atoms with van der Waals surface area (Å²) in [5, 5.41) is 8.94. The van der Waals surface area contributed by atoms with Crippen molar-refractivity contribution in [2.24, 2.45) is 0 Å². The second kappa shape index (κ2) is 7.39. The monoisotopic (exact) mass is 282 g/mol. The molecular formula is C12H18N4O4. The lowest BCUT2D eigenvalue weighted by Crippen LogP contribution is -2.36. The first-order chi connectivity index (χ1) is 9.43. The number of methoxy groups -OCH3 is 1. The van der Waals surface area contributed by atoms with E-state index < -0.39 is 11.9 Å². The van der Waals surface area contributed by atoms with E-state index in [0.717, 1.165) is 0 Å². The Morgan fingerprint density at radius 3 is 2.60 bits per heavy atom. The molecule has 0 aliphatic heterocycles. The van der Waals surface area contributed by atoms with E-state index in [-0.39, 0.29) is 12.4 Å². The van der Waals surface area contributed by atoms with Crippen molar-refractivity contribution in [3.63, 3.8) is 0 Å². The van der Waals surface area contributed by atoms with Gasteiger partial charge in [0, 0.05) is 19.3 Å². The van der Waals surface area contributed by atoms with Crippen molar-refractivity contribution in [3.05, 3.63) is 18.1 Å². The molecule has 0 aliphatic rings. The van der Waals surface area contributed by atoms with Gasteiger partial charge in [-0.1, -0.05) is 0 Å². The molecule has 0 atom stereocenters. The van der Waals surface area contributed by atoms with Crippen LogP contribution in [0.25, 0.3) is 0 Å². The Labute approximate surface area is 117 Å². The van der Waals surface area contributed by atoms with Crippen molar-refractivity contribution in [1.82, 2.24) is 14.9 Å². The van der Waals surface area contributed by atoms with E-state index in [1.165, 1.54) is 13.3 Å². The Morgan fingerprint density at radius 2 is 2.05 bits per heavy atom. The van der Waals surface area contributed by atoms with Crippen molar-refractivity contribution in [3.8, 4) is 0 Å². The number of hydrogen-bond donors (Lipinski definition) is 1. The number of carboxylic acid groups (broad SMARTS) is 1. The third-order valence-electron chi connectivity index (χ3n) is 2.48. The zero-order valence-electron chi connectivity index (χ0n) is 11.7. The van der Waals surface area contributed by atoms with Gasteiger partial charge in [0.15, 0.2) is 0 Å². The molecule has 0 unspecified atom stereocenters. The van der Waals surface area contributed by atoms with Gasteiger partial charge in [0.2, 0.25) is 5.82 Å². The molecule has 0 fully saturated rings. The Bertz CT molecular complexity index is 478. The Hall–Kier alpha value is -2.22. The molecule has 0 spiro atoms. The summed E-state index contributed by atoms with van der Waals surface area (Å²) in [6.45, 7) is 0.924. The minimum Gasteiger partial charge on any atom is -0.480 e. The van der Waals surface area contributed by atoms with Crippen LogP contribution < -0.4 is 4.90 Å². The van der Waals surface area contributed by atoms with Crippen molar-refractivity contribution < 1.29 is 19.4 Å². The molecule has 1 aromatic rings. The van der Waals surface area contributed by atoms with Crippen LogP contribution in [0.1, 0.15) is 10.6 Å². The van der Waals surface area contributed by atoms with Crippen LogP contribution in [0.5, 0.6) is 0 Å². The minimum atomic E-state index is -0.970. The van der Waals surface area contributed by atoms with Crippen LogP contribution in [-0.2, 0) is 9.53 Å². The number of hydrogen-bond acceptors (Lipinski definition) is 7. The summed E-state index contributed by atoms with van der Waals surface area (Å²) in [5.41, 5.74) is 0. The normalized spacial score (nSPS) is 10.4. The fourth-order valence-corrected chi connectivity index (χ4v) is 1.47. The van der Waals surface area contributed by atoms with Crippen LogP contribution in [0, 0.1) is 0 Å². The van der Waals surface area contributed by atoms with Crippen LogP contribution in [0.4, 0.5) is 5.82 Å². The summed E-state index contributed by atoms with van der Waals surface area (Å²) in [6, 6.07) is 1.56. The van der Waals surface area contributed by atoms with E-state index in [4.69, 9.17) is 5.11 Å². The first-order valence-electron chi connectivity index (χ1n) is 5.97. The summed E-state index contributed by atoms with van der Waals surface area (Å²) < 4.78 is 4.54. The SMILES string of the molecule is COC(=O)c1nccc(N(CCN(C)C)CC(=O)O)n1. The molecular weight excluding hydrogens is 264 g/mol. The maximum absolute atomic E-state index is 11.4. The van der Waals surface area contributed by atoms with E-state index in [1.54, 1.807) is 11.0 Å². The average Bonchev–Trinajstić information content (AvgIpc) is 2.42. The Morgan fingerprint density at radius 1 is 1.35 bits per heavy atom. The molecule has 1 N–H and O–H groups in total. The number of carbonyl (C=O) groups is 2. The van der Waals surface area contributed by atoms with Crippen molar-refractivity contribution in [2.75, 3.05) is 45.7 Å². The third-order valence-corrected chi connectivity index (χ3v) is 2.48. The summed E-state index contributed by atoms with van der Waals surface area (Å²) in [6.07, 6.45) is 1.40. The largest absolute Gasteiger partial charge is 0.480 e. The van der Waals surface area contributed by atoms with Gasteiger partial charge in [0.25, 0.3) is 0 Å². The molecule has 8 heteroatoms. The Kier molecular flexibility index (Phi) is 5.85. The number of carbonyl (C=O) groups excluding carboxylic acids is 1. The molecule has 20 heavy (non-hydrogen) atoms. The topological polar surface area (TPSA) is 95.9 Å². The van der Waals surface area contributed by atoms with E-state index in [0.29, 0.717) is 18.9 Å². The predicted octanol–water partition coefficient (Wildman–Crippen LogP) is -0.284. The second-order valence-electron chi connectivity index (χ2n) is 4.35. The fraction of sp³-hybridized carbons (Fsp3) is 0.500. The highest BCUT2D eigenvalue weighted by atomic mass is 16.5. The van der Waals surface area contributed by atoms with E-state index in [9.17, 15) is 9.59 Å². The van der Waals surface area contributed by atoms with E-state index in [1.807, 2.05) is 19.0 Å². The van der Waals surface area contributed by atoms with E-state index >= 15 is 0 Å². The van der Waals surface area contributed by atoms with Gasteiger partial charge < -0.3 is 19.6 Å². The number of aromatic nitrogens is 2. The molecule has 0 bridgehead atoms. The zero-order chi connectivity index (χ0) is 15.1. The lowest BCUT2D eigenvalue weighted by atomic mass is 10.4. The number of esters is 1. The van der Waals surface area contributed by atoms with Crippen LogP contribution in [0.2, 0.25) is 0 Å². The molecule has 1 aromatic heterocycles. The van der Waals surface area contributed by atoms with Crippen molar-refractivity contribution in [1.29, 1.82) is 0 Å². The third kappa shape index (κ3) is 4.81. The average molecular weight is 282 g/mol. The Balaban J connectivity index is 2.94. The fourth-order valence-electron chi connectivity index (χ4n) is 1.47. The molecule has 0 saturated heterocycles. The van der Waals surface area contributed by atoms with Gasteiger partial charge in [-0.2, -0.15) is 0 Å². The van der Waals surface area contributed by atoms with Crippen molar-refractivity contribution in [2.45, 2.75) is 0 Å². The van der Waals surface area contributed by atoms with Crippen LogP contribution in [-0.4, -0.2) is 72.8 Å². The second-order valence-corrected chi connectivity index (χ2v) is 4.35. The molecule has 0 aromatic carbocycles. The highest BCUT2D eigenvalue weighted by molar-refractivity contribution is 5.85. The number of rotatable bonds is 7. The smallest absolute Gasteiger partial charge is 0.376 e. The highest BCUT2D eigenvalue weighted by Gasteiger charge is 2.16. The quantitative estimate of drug-likeness (QED) is 0.682. The van der Waals surface area contributed by atoms with Gasteiger partial charge in [0.1, 0.15) is 12.4 Å². The number of carboxylic acids is 1. The molecule has 0 saturated carbocycles. The molecule has 0 radical (unpaired) electrons. The summed E-state index contributed by atoms with van der Waals surface area (Å²) in [4.78, 5) is 33.6. The lowest BCUT2D eigenvalue weighted by molar-refractivity contribution is -0.135. The first kappa shape index (κ1) is 15.8. The first-order valence-corrected chi connectivity index (χ1v) is 5.97. The van der Waals surface area contributed by atoms with Crippen LogP contribution >= 0.6 is 0 Å². The van der Waals surface area contributed by atoms with Gasteiger partial charge in [-0.05, 0) is 20.2 Å². The van der Waals surface area contributed by atoms with Gasteiger partial charge in [0.05, 0.1) is 7.11 Å². The molecule has 8 nitrogen and oxygen atoms in total. The molecule has 0 amide bonds. The summed E-state index contributed by atoms with van der Waals surface area (Å²) >= 11 is 0. The number of anilines is 1. The number of likely N-dealkylation sites (N-methyl/N-ethyl adjacent to an activating group) is 1. The van der Waals surface area contributed by atoms with Gasteiger partial charge in [-0.25, -0.2) is 14.8 Å². The zero-order valence-corrected chi connectivity index (χ0v) is 11.7. The van der Waals surface area contributed by atoms with Gasteiger partial charge >= 0.3 is 11.9 Å². The van der Waals surface area contributed by atoms with Gasteiger partial charge in [-0.3, -0.25) is 4.79 Å². The van der Waals surface area contributed by atoms with Crippen LogP contribution in [0.15, 0.2) is 12.3 Å². The summed E-state index contributed by atoms with van der Waals surface area (Å²) in [5.74, 6) is -1.34. The maximum Gasteiger partial charge on any atom is 0.376 e. The predicted molar refractivity (Wildman–Crippen MR) is 71.8 cm³/mol. The minimum absolute atomic E-state index is 0.0924. The maximum atomic E-state index is 11.4. The van der Waals surface area contributed by atoms with Crippen molar-refractivity contribution >= 4 is 17.8 Å². The highest BCUT2D eigenvalue weighted by Crippen LogP contribution is 2.10. The van der Waals surface area contributed by atoms with Gasteiger partial charge in [-0.15, -0.1) is 0 Å².